The van der Waals surface area contributed by atoms with E-state index in [2.05, 4.69) is 44.2 Å². The third-order valence-electron chi connectivity index (χ3n) is 8.43. The number of epoxide rings is 1. The molecule has 0 aromatic heterocycles. The lowest BCUT2D eigenvalue weighted by Gasteiger charge is -2.19. The summed E-state index contributed by atoms with van der Waals surface area (Å²) in [5.41, 5.74) is 5.33. The molecule has 1 heterocycles. The zero-order chi connectivity index (χ0) is 36.5. The van der Waals surface area contributed by atoms with E-state index in [1.807, 2.05) is 6.08 Å². The van der Waals surface area contributed by atoms with Crippen molar-refractivity contribution in [2.45, 2.75) is 173 Å². The number of unbranched alkanes of at least 4 members (excludes halogenated alkanes) is 14. The summed E-state index contributed by atoms with van der Waals surface area (Å²) in [6, 6.07) is 0. The van der Waals surface area contributed by atoms with Crippen molar-refractivity contribution < 1.29 is 42.3 Å². The van der Waals surface area contributed by atoms with E-state index in [1.54, 1.807) is 0 Å². The average molecular weight is 728 g/mol. The van der Waals surface area contributed by atoms with Gasteiger partial charge in [-0.25, -0.2) is 4.57 Å². The number of phosphoric ester groups is 1. The molecule has 0 radical (unpaired) electrons. The van der Waals surface area contributed by atoms with Crippen LogP contribution in [0.25, 0.3) is 0 Å². The Balaban J connectivity index is 2.25. The fourth-order valence-electron chi connectivity index (χ4n) is 5.37. The fraction of sp³-hybridized carbons (Fsp3) is 0.795. The Kier molecular flexibility index (Phi) is 29.5. The number of nitrogens with two attached hydrogens (primary N) is 1. The van der Waals surface area contributed by atoms with Crippen molar-refractivity contribution in [3.8, 4) is 0 Å². The standard InChI is InChI=1S/C39H70NO9P/c1-3-5-7-9-11-12-13-14-17-22-26-30-39(42)48-35(34-47-50(43,44)46-32-31-40)33-45-38(41)29-25-21-18-15-16-20-24-28-37-36(49-37)27-23-19-10-8-6-4-2/h15,18-20,23-24,35-37H,3-14,16-17,21-22,25-34,40H2,1-2H3,(H,43,44)/b18-15-,23-19-,24-20-/t35-,36?,37?/m1/s1. The number of carbonyl (C=O) groups is 2. The number of hydrogen-bond acceptors (Lipinski definition) is 9. The van der Waals surface area contributed by atoms with E-state index in [1.165, 1.54) is 64.2 Å². The summed E-state index contributed by atoms with van der Waals surface area (Å²) in [6.07, 6.45) is 35.0. The average Bonchev–Trinajstić information content (AvgIpc) is 3.86. The highest BCUT2D eigenvalue weighted by molar-refractivity contribution is 7.47. The van der Waals surface area contributed by atoms with E-state index in [9.17, 15) is 19.0 Å². The first kappa shape index (κ1) is 46.2. The third-order valence-corrected chi connectivity index (χ3v) is 9.42. The van der Waals surface area contributed by atoms with Crippen LogP contribution in [0.5, 0.6) is 0 Å². The van der Waals surface area contributed by atoms with Crippen LogP contribution < -0.4 is 5.73 Å². The number of rotatable bonds is 35. The summed E-state index contributed by atoms with van der Waals surface area (Å²) >= 11 is 0. The Bertz CT molecular complexity index is 987. The summed E-state index contributed by atoms with van der Waals surface area (Å²) in [6.45, 7) is 3.60. The Morgan fingerprint density at radius 3 is 1.90 bits per heavy atom. The second-order valence-electron chi connectivity index (χ2n) is 13.2. The van der Waals surface area contributed by atoms with Gasteiger partial charge in [0.1, 0.15) is 6.61 Å². The number of carbonyl (C=O) groups excluding carboxylic acids is 2. The van der Waals surface area contributed by atoms with E-state index >= 15 is 0 Å². The third kappa shape index (κ3) is 28.8. The molecule has 10 nitrogen and oxygen atoms in total. The maximum Gasteiger partial charge on any atom is 0.472 e. The van der Waals surface area contributed by atoms with Crippen LogP contribution in [0, 0.1) is 0 Å². The van der Waals surface area contributed by atoms with Crippen LogP contribution >= 0.6 is 7.82 Å². The molecule has 0 amide bonds. The molecule has 1 rings (SSSR count). The summed E-state index contributed by atoms with van der Waals surface area (Å²) in [5.74, 6) is -0.902. The summed E-state index contributed by atoms with van der Waals surface area (Å²) < 4.78 is 38.3. The topological polar surface area (TPSA) is 147 Å². The lowest BCUT2D eigenvalue weighted by atomic mass is 10.1. The van der Waals surface area contributed by atoms with Crippen LogP contribution in [-0.4, -0.2) is 61.5 Å². The molecule has 290 valence electrons. The predicted molar refractivity (Wildman–Crippen MR) is 201 cm³/mol. The number of esters is 2. The number of hydrogen-bond donors (Lipinski definition) is 2. The first-order valence-electron chi connectivity index (χ1n) is 19.6. The van der Waals surface area contributed by atoms with Gasteiger partial charge in [-0.15, -0.1) is 0 Å². The minimum absolute atomic E-state index is 0.0442. The molecule has 0 saturated carbocycles. The number of ether oxygens (including phenoxy) is 3. The molecule has 1 aliphatic heterocycles. The molecule has 0 aromatic rings. The maximum absolute atomic E-state index is 12.5. The lowest BCUT2D eigenvalue weighted by molar-refractivity contribution is -0.161. The van der Waals surface area contributed by atoms with Crippen LogP contribution in [0.3, 0.4) is 0 Å². The van der Waals surface area contributed by atoms with Gasteiger partial charge in [-0.1, -0.05) is 127 Å². The van der Waals surface area contributed by atoms with Gasteiger partial charge in [-0.3, -0.25) is 18.6 Å². The molecular weight excluding hydrogens is 657 g/mol. The van der Waals surface area contributed by atoms with E-state index in [4.69, 9.17) is 29.0 Å². The largest absolute Gasteiger partial charge is 0.472 e. The second-order valence-corrected chi connectivity index (χ2v) is 14.6. The van der Waals surface area contributed by atoms with Crippen molar-refractivity contribution in [3.05, 3.63) is 36.5 Å². The monoisotopic (exact) mass is 727 g/mol. The van der Waals surface area contributed by atoms with Gasteiger partial charge in [0.25, 0.3) is 0 Å². The van der Waals surface area contributed by atoms with Crippen LogP contribution in [0.2, 0.25) is 0 Å². The first-order valence-corrected chi connectivity index (χ1v) is 21.1. The van der Waals surface area contributed by atoms with Gasteiger partial charge in [-0.05, 0) is 51.4 Å². The molecule has 0 bridgehead atoms. The summed E-state index contributed by atoms with van der Waals surface area (Å²) in [7, 11) is -4.38. The van der Waals surface area contributed by atoms with Crippen molar-refractivity contribution >= 4 is 19.8 Å². The number of phosphoric acid groups is 1. The van der Waals surface area contributed by atoms with E-state index in [-0.39, 0.29) is 32.6 Å². The van der Waals surface area contributed by atoms with Crippen molar-refractivity contribution in [1.29, 1.82) is 0 Å². The molecule has 50 heavy (non-hydrogen) atoms. The van der Waals surface area contributed by atoms with Crippen molar-refractivity contribution in [3.63, 3.8) is 0 Å². The summed E-state index contributed by atoms with van der Waals surface area (Å²) in [4.78, 5) is 34.7. The molecule has 1 saturated heterocycles. The molecule has 1 aliphatic rings. The van der Waals surface area contributed by atoms with Crippen molar-refractivity contribution in [1.82, 2.24) is 0 Å². The highest BCUT2D eigenvalue weighted by Crippen LogP contribution is 2.43. The highest BCUT2D eigenvalue weighted by atomic mass is 31.2. The molecule has 11 heteroatoms. The molecule has 1 fully saturated rings. The molecule has 3 N–H and O–H groups in total. The molecule has 0 aromatic carbocycles. The zero-order valence-electron chi connectivity index (χ0n) is 31.3. The zero-order valence-corrected chi connectivity index (χ0v) is 32.2. The minimum Gasteiger partial charge on any atom is -0.462 e. The lowest BCUT2D eigenvalue weighted by Crippen LogP contribution is -2.29. The molecule has 0 spiro atoms. The second kappa shape index (κ2) is 31.9. The fourth-order valence-corrected chi connectivity index (χ4v) is 6.14. The Hall–Kier alpha value is -1.81. The Labute approximate surface area is 303 Å². The number of allylic oxidation sites excluding steroid dienone is 4. The highest BCUT2D eigenvalue weighted by Gasteiger charge is 2.36. The van der Waals surface area contributed by atoms with Crippen LogP contribution in [-0.2, 0) is 37.4 Å². The van der Waals surface area contributed by atoms with Crippen LogP contribution in [0.1, 0.15) is 155 Å². The minimum atomic E-state index is -4.38. The molecule has 3 unspecified atom stereocenters. The SMILES string of the molecule is CCCCC/C=C\CC1OC1C/C=C\C/C=C\CCCC(=O)OC[C@H](COP(=O)(O)OCCN)OC(=O)CCCCCCCCCCCCC. The van der Waals surface area contributed by atoms with Gasteiger partial charge < -0.3 is 24.8 Å². The summed E-state index contributed by atoms with van der Waals surface area (Å²) in [5, 5.41) is 0. The first-order chi connectivity index (χ1) is 24.3. The van der Waals surface area contributed by atoms with Gasteiger partial charge >= 0.3 is 19.8 Å². The van der Waals surface area contributed by atoms with Crippen LogP contribution in [0.15, 0.2) is 36.5 Å². The van der Waals surface area contributed by atoms with Gasteiger partial charge in [-0.2, -0.15) is 0 Å². The van der Waals surface area contributed by atoms with E-state index in [0.29, 0.717) is 25.0 Å². The smallest absolute Gasteiger partial charge is 0.462 e. The van der Waals surface area contributed by atoms with Gasteiger partial charge in [0.15, 0.2) is 6.10 Å². The molecule has 0 aliphatic carbocycles. The molecule has 4 atom stereocenters. The Morgan fingerprint density at radius 2 is 1.24 bits per heavy atom. The predicted octanol–water partition coefficient (Wildman–Crippen LogP) is 9.59. The van der Waals surface area contributed by atoms with Crippen LogP contribution in [0.4, 0.5) is 0 Å². The van der Waals surface area contributed by atoms with E-state index in [0.717, 1.165) is 51.4 Å². The van der Waals surface area contributed by atoms with Gasteiger partial charge in [0.05, 0.1) is 25.4 Å². The normalized spacial score (nSPS) is 17.8. The molecular formula is C39H70NO9P. The van der Waals surface area contributed by atoms with Crippen molar-refractivity contribution in [2.24, 2.45) is 5.73 Å². The maximum atomic E-state index is 12.5. The van der Waals surface area contributed by atoms with Crippen molar-refractivity contribution in [2.75, 3.05) is 26.4 Å². The quantitative estimate of drug-likeness (QED) is 0.0213. The Morgan fingerprint density at radius 1 is 0.700 bits per heavy atom. The van der Waals surface area contributed by atoms with Gasteiger partial charge in [0.2, 0.25) is 0 Å². The van der Waals surface area contributed by atoms with E-state index < -0.39 is 32.5 Å². The van der Waals surface area contributed by atoms with Gasteiger partial charge in [0, 0.05) is 19.4 Å².